The molecule has 3 N–H and O–H groups in total. The number of esters is 2. The summed E-state index contributed by atoms with van der Waals surface area (Å²) in [6.07, 6.45) is 0.621. The van der Waals surface area contributed by atoms with Gasteiger partial charge >= 0.3 is 11.9 Å². The van der Waals surface area contributed by atoms with Crippen LogP contribution in [-0.2, 0) is 36.5 Å². The van der Waals surface area contributed by atoms with Crippen LogP contribution in [0.25, 0.3) is 0 Å². The molecule has 3 heterocycles. The number of fused-ring (bicyclic) bond motifs is 1. The number of ether oxygens (including phenoxy) is 2. The van der Waals surface area contributed by atoms with Gasteiger partial charge in [-0.3, -0.25) is 0 Å². The number of hydrogen-bond acceptors (Lipinski definition) is 8. The Morgan fingerprint density at radius 2 is 1.93 bits per heavy atom. The van der Waals surface area contributed by atoms with Crippen molar-refractivity contribution >= 4 is 45.6 Å². The van der Waals surface area contributed by atoms with Crippen molar-refractivity contribution < 1.29 is 23.3 Å². The minimum atomic E-state index is -1.34. The molecule has 2 unspecified atom stereocenters. The van der Waals surface area contributed by atoms with Gasteiger partial charge in [0.05, 0.1) is 0 Å². The van der Waals surface area contributed by atoms with Crippen molar-refractivity contribution in [2.45, 2.75) is 43.2 Å². The molecule has 1 aromatic carbocycles. The number of rotatable bonds is 3. The van der Waals surface area contributed by atoms with Crippen molar-refractivity contribution in [1.29, 1.82) is 0 Å². The third-order valence-electron chi connectivity index (χ3n) is 4.51. The smallest absolute Gasteiger partial charge is 0.352 e. The predicted molar refractivity (Wildman–Crippen MR) is 114 cm³/mol. The van der Waals surface area contributed by atoms with E-state index in [9.17, 15) is 13.8 Å². The highest BCUT2D eigenvalue weighted by Crippen LogP contribution is 2.30. The molecule has 2 atom stereocenters. The van der Waals surface area contributed by atoms with Crippen molar-refractivity contribution in [2.24, 2.45) is 0 Å². The number of carbonyl (C=O) groups excluding carboxylic acids is 2. The zero-order chi connectivity index (χ0) is 21.5. The molecule has 1 fully saturated rings. The Kier molecular flexibility index (Phi) is 5.29. The van der Waals surface area contributed by atoms with E-state index < -0.39 is 28.7 Å². The summed E-state index contributed by atoms with van der Waals surface area (Å²) < 4.78 is 26.6. The molecule has 158 valence electrons. The van der Waals surface area contributed by atoms with Crippen LogP contribution in [0.15, 0.2) is 51.3 Å². The van der Waals surface area contributed by atoms with Crippen LogP contribution < -0.4 is 15.4 Å². The van der Waals surface area contributed by atoms with E-state index in [-0.39, 0.29) is 17.4 Å². The van der Waals surface area contributed by atoms with Crippen LogP contribution in [0.5, 0.6) is 0 Å². The average Bonchev–Trinajstić information content (AvgIpc) is 3.11. The van der Waals surface area contributed by atoms with Crippen molar-refractivity contribution in [1.82, 2.24) is 5.32 Å². The monoisotopic (exact) mass is 447 g/mol. The maximum Gasteiger partial charge on any atom is 0.352 e. The van der Waals surface area contributed by atoms with Gasteiger partial charge in [-0.15, -0.1) is 11.3 Å². The second kappa shape index (κ2) is 7.77. The Morgan fingerprint density at radius 1 is 1.20 bits per heavy atom. The molecule has 0 saturated carbocycles. The fraction of sp³-hybridized carbons (Fsp3) is 0.300. The molecule has 8 nitrogen and oxygen atoms in total. The molecule has 0 bridgehead atoms. The van der Waals surface area contributed by atoms with E-state index in [1.165, 1.54) is 25.2 Å². The predicted octanol–water partition coefficient (Wildman–Crippen LogP) is 2.88. The van der Waals surface area contributed by atoms with Crippen molar-refractivity contribution in [2.75, 3.05) is 10.0 Å². The molecule has 0 spiro atoms. The summed E-state index contributed by atoms with van der Waals surface area (Å²) in [6, 6.07) is 9.08. The largest absolute Gasteiger partial charge is 0.419 e. The fourth-order valence-electron chi connectivity index (χ4n) is 3.26. The van der Waals surface area contributed by atoms with Crippen molar-refractivity contribution in [3.63, 3.8) is 0 Å². The molecule has 2 aliphatic rings. The summed E-state index contributed by atoms with van der Waals surface area (Å²) in [6.45, 7) is 4.94. The maximum atomic E-state index is 12.4. The molecule has 30 heavy (non-hydrogen) atoms. The standard InChI is InChI=1S/C20H21N3O5S2/c1-11-9-12-10-13(23-30(26)15-5-4-8-29-15)6-7-14(12)22-17(21-11)16-18(24)27-20(2,3)28-19(16)25/h4-8,10-11,21-23H,9H2,1-3H3. The number of carbonyl (C=O) groups is 2. The number of nitrogens with one attached hydrogen (secondary N) is 3. The second-order valence-corrected chi connectivity index (χ2v) is 9.87. The number of anilines is 2. The van der Waals surface area contributed by atoms with Gasteiger partial charge in [0.15, 0.2) is 16.6 Å². The third-order valence-corrected chi connectivity index (χ3v) is 6.83. The molecule has 0 amide bonds. The lowest BCUT2D eigenvalue weighted by atomic mass is 10.1. The first-order chi connectivity index (χ1) is 14.2. The highest BCUT2D eigenvalue weighted by Gasteiger charge is 2.41. The molecule has 0 aliphatic carbocycles. The molecular weight excluding hydrogens is 426 g/mol. The molecule has 4 rings (SSSR count). The van der Waals surface area contributed by atoms with Crippen LogP contribution in [-0.4, -0.2) is 28.0 Å². The normalized spacial score (nSPS) is 21.4. The van der Waals surface area contributed by atoms with E-state index >= 15 is 0 Å². The van der Waals surface area contributed by atoms with Gasteiger partial charge in [-0.25, -0.2) is 13.8 Å². The topological polar surface area (TPSA) is 106 Å². The van der Waals surface area contributed by atoms with E-state index in [4.69, 9.17) is 9.47 Å². The fourth-order valence-corrected chi connectivity index (χ4v) is 5.00. The van der Waals surface area contributed by atoms with Gasteiger partial charge in [0, 0.05) is 31.3 Å². The molecule has 1 aromatic heterocycles. The van der Waals surface area contributed by atoms with E-state index in [1.54, 1.807) is 6.07 Å². The van der Waals surface area contributed by atoms with Gasteiger partial charge < -0.3 is 24.8 Å². The van der Waals surface area contributed by atoms with E-state index in [0.717, 1.165) is 15.5 Å². The van der Waals surface area contributed by atoms with E-state index in [0.29, 0.717) is 12.1 Å². The van der Waals surface area contributed by atoms with Crippen molar-refractivity contribution in [3.05, 3.63) is 52.7 Å². The van der Waals surface area contributed by atoms with Gasteiger partial charge in [-0.05, 0) is 48.6 Å². The first-order valence-electron chi connectivity index (χ1n) is 9.31. The summed E-state index contributed by atoms with van der Waals surface area (Å²) in [5.74, 6) is -2.54. The Labute approximate surface area is 180 Å². The SMILES string of the molecule is CC1Cc2cc(NS(=O)c3cccs3)ccc2NC(=C2C(=O)OC(C)(C)OC2=O)N1. The van der Waals surface area contributed by atoms with Crippen LogP contribution >= 0.6 is 11.3 Å². The first kappa shape index (κ1) is 20.4. The Bertz CT molecular complexity index is 1040. The Morgan fingerprint density at radius 3 is 2.60 bits per heavy atom. The molecule has 1 saturated heterocycles. The summed E-state index contributed by atoms with van der Waals surface area (Å²) in [5.41, 5.74) is 2.18. The molecule has 2 aliphatic heterocycles. The lowest BCUT2D eigenvalue weighted by molar-refractivity contribution is -0.222. The number of thiophene rings is 1. The van der Waals surface area contributed by atoms with Gasteiger partial charge in [-0.1, -0.05) is 6.07 Å². The maximum absolute atomic E-state index is 12.4. The van der Waals surface area contributed by atoms with Crippen LogP contribution in [0.4, 0.5) is 11.4 Å². The van der Waals surface area contributed by atoms with Crippen molar-refractivity contribution in [3.8, 4) is 0 Å². The van der Waals surface area contributed by atoms with Gasteiger partial charge in [0.2, 0.25) is 0 Å². The highest BCUT2D eigenvalue weighted by atomic mass is 32.2. The first-order valence-corrected chi connectivity index (χ1v) is 11.3. The van der Waals surface area contributed by atoms with Gasteiger partial charge in [-0.2, -0.15) is 0 Å². The van der Waals surface area contributed by atoms with Gasteiger partial charge in [0.25, 0.3) is 5.79 Å². The molecule has 2 aromatic rings. The molecule has 0 radical (unpaired) electrons. The number of hydrogen-bond donors (Lipinski definition) is 3. The minimum Gasteiger partial charge on any atom is -0.419 e. The summed E-state index contributed by atoms with van der Waals surface area (Å²) in [4.78, 5) is 24.9. The number of cyclic esters (lactones) is 2. The quantitative estimate of drug-likeness (QED) is 0.377. The Hall–Kier alpha value is -2.85. The molecule has 10 heteroatoms. The van der Waals surface area contributed by atoms with Crippen LogP contribution in [0.1, 0.15) is 26.3 Å². The second-order valence-electron chi connectivity index (χ2n) is 7.48. The third kappa shape index (κ3) is 4.19. The zero-order valence-electron chi connectivity index (χ0n) is 16.6. The van der Waals surface area contributed by atoms with Crippen LogP contribution in [0.3, 0.4) is 0 Å². The van der Waals surface area contributed by atoms with Gasteiger partial charge in [0.1, 0.15) is 10.0 Å². The van der Waals surface area contributed by atoms with Crippen LogP contribution in [0.2, 0.25) is 0 Å². The highest BCUT2D eigenvalue weighted by molar-refractivity contribution is 7.88. The lowest BCUT2D eigenvalue weighted by Crippen LogP contribution is -2.44. The Balaban J connectivity index is 1.62. The average molecular weight is 448 g/mol. The number of benzene rings is 1. The summed E-state index contributed by atoms with van der Waals surface area (Å²) in [5, 5.41) is 8.15. The lowest BCUT2D eigenvalue weighted by Gasteiger charge is -2.31. The van der Waals surface area contributed by atoms with E-state index in [1.807, 2.05) is 36.6 Å². The molecular formula is C20H21N3O5S2. The zero-order valence-corrected chi connectivity index (χ0v) is 18.2. The van der Waals surface area contributed by atoms with E-state index in [2.05, 4.69) is 15.4 Å². The summed E-state index contributed by atoms with van der Waals surface area (Å²) in [7, 11) is -1.34. The minimum absolute atomic E-state index is 0.0881. The summed E-state index contributed by atoms with van der Waals surface area (Å²) >= 11 is 1.42. The van der Waals surface area contributed by atoms with Crippen LogP contribution in [0, 0.1) is 0 Å².